The van der Waals surface area contributed by atoms with Crippen LogP contribution in [0.2, 0.25) is 0 Å². The first-order valence-electron chi connectivity index (χ1n) is 8.69. The Balaban J connectivity index is 1.61. The molecule has 0 aliphatic heterocycles. The zero-order chi connectivity index (χ0) is 19.8. The van der Waals surface area contributed by atoms with E-state index in [1.807, 2.05) is 48.5 Å². The van der Waals surface area contributed by atoms with E-state index in [4.69, 9.17) is 4.52 Å². The fraction of sp³-hybridized carbons (Fsp3) is 0.200. The fourth-order valence-electron chi connectivity index (χ4n) is 2.52. The summed E-state index contributed by atoms with van der Waals surface area (Å²) in [7, 11) is 0. The van der Waals surface area contributed by atoms with E-state index in [9.17, 15) is 9.59 Å². The van der Waals surface area contributed by atoms with Gasteiger partial charge in [0.15, 0.2) is 5.82 Å². The number of benzene rings is 2. The molecule has 7 nitrogen and oxygen atoms in total. The van der Waals surface area contributed by atoms with Crippen LogP contribution in [0.25, 0.3) is 0 Å². The number of rotatable bonds is 8. The number of anilines is 1. The van der Waals surface area contributed by atoms with E-state index >= 15 is 0 Å². The van der Waals surface area contributed by atoms with Crippen molar-refractivity contribution >= 4 is 29.3 Å². The number of thioether (sulfide) groups is 1. The number of hydrogen-bond donors (Lipinski definition) is 2. The van der Waals surface area contributed by atoms with E-state index in [1.165, 1.54) is 11.8 Å². The average molecular weight is 396 g/mol. The molecule has 0 spiro atoms. The highest BCUT2D eigenvalue weighted by atomic mass is 32.2. The molecule has 1 atom stereocenters. The molecule has 2 amide bonds. The summed E-state index contributed by atoms with van der Waals surface area (Å²) in [6, 6.07) is 17.5. The molecule has 28 heavy (non-hydrogen) atoms. The molecule has 3 aromatic rings. The van der Waals surface area contributed by atoms with E-state index in [0.717, 1.165) is 0 Å². The van der Waals surface area contributed by atoms with E-state index in [1.54, 1.807) is 19.1 Å². The maximum Gasteiger partial charge on any atom is 0.251 e. The van der Waals surface area contributed by atoms with Gasteiger partial charge in [0.25, 0.3) is 5.91 Å². The second-order valence-electron chi connectivity index (χ2n) is 5.99. The zero-order valence-electron chi connectivity index (χ0n) is 15.3. The number of carbonyl (C=O) groups is 2. The third-order valence-corrected chi connectivity index (χ3v) is 4.70. The van der Waals surface area contributed by atoms with Crippen molar-refractivity contribution in [3.8, 4) is 0 Å². The van der Waals surface area contributed by atoms with Gasteiger partial charge in [-0.3, -0.25) is 9.59 Å². The molecule has 144 valence electrons. The third kappa shape index (κ3) is 5.68. The molecular weight excluding hydrogens is 376 g/mol. The lowest BCUT2D eigenvalue weighted by molar-refractivity contribution is -0.125. The molecule has 0 aliphatic rings. The quantitative estimate of drug-likeness (QED) is 0.607. The van der Waals surface area contributed by atoms with Gasteiger partial charge in [-0.1, -0.05) is 53.7 Å². The Kier molecular flexibility index (Phi) is 6.80. The molecule has 0 saturated carbocycles. The first-order chi connectivity index (χ1) is 13.6. The summed E-state index contributed by atoms with van der Waals surface area (Å²) < 4.78 is 4.90. The van der Waals surface area contributed by atoms with Crippen LogP contribution in [0.3, 0.4) is 0 Å². The molecule has 0 aliphatic carbocycles. The minimum atomic E-state index is -0.790. The molecular formula is C20H20N4O3S. The Morgan fingerprint density at radius 2 is 1.75 bits per heavy atom. The topological polar surface area (TPSA) is 97.1 Å². The summed E-state index contributed by atoms with van der Waals surface area (Å²) in [6.07, 6.45) is 0. The predicted octanol–water partition coefficient (Wildman–Crippen LogP) is 3.11. The SMILES string of the molecule is Cc1nc(CSCC(=O)NC(C(=O)Nc2ccccc2)c2ccccc2)no1. The van der Waals surface area contributed by atoms with Crippen LogP contribution in [0.15, 0.2) is 65.2 Å². The van der Waals surface area contributed by atoms with Gasteiger partial charge in [-0.15, -0.1) is 11.8 Å². The van der Waals surface area contributed by atoms with E-state index in [2.05, 4.69) is 20.8 Å². The van der Waals surface area contributed by atoms with Gasteiger partial charge in [-0.05, 0) is 17.7 Å². The number of carbonyl (C=O) groups excluding carboxylic acids is 2. The second kappa shape index (κ2) is 9.70. The van der Waals surface area contributed by atoms with Crippen molar-refractivity contribution in [1.82, 2.24) is 15.5 Å². The van der Waals surface area contributed by atoms with Crippen LogP contribution in [0.5, 0.6) is 0 Å². The van der Waals surface area contributed by atoms with Crippen LogP contribution in [0.4, 0.5) is 5.69 Å². The van der Waals surface area contributed by atoms with Gasteiger partial charge in [0.05, 0.1) is 11.5 Å². The molecule has 0 bridgehead atoms. The van der Waals surface area contributed by atoms with Crippen molar-refractivity contribution in [3.63, 3.8) is 0 Å². The monoisotopic (exact) mass is 396 g/mol. The van der Waals surface area contributed by atoms with Crippen molar-refractivity contribution in [2.24, 2.45) is 0 Å². The normalized spacial score (nSPS) is 11.6. The molecule has 2 N–H and O–H groups in total. The zero-order valence-corrected chi connectivity index (χ0v) is 16.1. The summed E-state index contributed by atoms with van der Waals surface area (Å²) >= 11 is 1.35. The minimum absolute atomic E-state index is 0.176. The van der Waals surface area contributed by atoms with Crippen molar-refractivity contribution < 1.29 is 14.1 Å². The molecule has 3 rings (SSSR count). The number of para-hydroxylation sites is 1. The Morgan fingerprint density at radius 3 is 2.39 bits per heavy atom. The Labute approximate surface area is 166 Å². The van der Waals surface area contributed by atoms with Gasteiger partial charge in [0.2, 0.25) is 11.8 Å². The van der Waals surface area contributed by atoms with Gasteiger partial charge in [-0.25, -0.2) is 0 Å². The summed E-state index contributed by atoms with van der Waals surface area (Å²) in [4.78, 5) is 29.3. The molecule has 0 saturated heterocycles. The van der Waals surface area contributed by atoms with Gasteiger partial charge >= 0.3 is 0 Å². The Hall–Kier alpha value is -3.13. The lowest BCUT2D eigenvalue weighted by Crippen LogP contribution is -2.37. The summed E-state index contributed by atoms with van der Waals surface area (Å²) in [5.74, 6) is 1.11. The number of nitrogens with one attached hydrogen (secondary N) is 2. The van der Waals surface area contributed by atoms with Crippen molar-refractivity contribution in [1.29, 1.82) is 0 Å². The summed E-state index contributed by atoms with van der Waals surface area (Å²) in [5.41, 5.74) is 1.38. The molecule has 0 fully saturated rings. The average Bonchev–Trinajstić information content (AvgIpc) is 3.12. The lowest BCUT2D eigenvalue weighted by atomic mass is 10.1. The number of amides is 2. The van der Waals surface area contributed by atoms with Crippen LogP contribution >= 0.6 is 11.8 Å². The number of aryl methyl sites for hydroxylation is 1. The first-order valence-corrected chi connectivity index (χ1v) is 9.84. The van der Waals surface area contributed by atoms with Gasteiger partial charge in [-0.2, -0.15) is 4.98 Å². The van der Waals surface area contributed by atoms with Gasteiger partial charge in [0, 0.05) is 12.6 Å². The maximum atomic E-state index is 12.8. The van der Waals surface area contributed by atoms with Gasteiger partial charge in [0.1, 0.15) is 6.04 Å². The molecule has 8 heteroatoms. The van der Waals surface area contributed by atoms with Crippen LogP contribution < -0.4 is 10.6 Å². The van der Waals surface area contributed by atoms with Gasteiger partial charge < -0.3 is 15.2 Å². The Morgan fingerprint density at radius 1 is 1.07 bits per heavy atom. The second-order valence-corrected chi connectivity index (χ2v) is 6.97. The molecule has 0 radical (unpaired) electrons. The molecule has 2 aromatic carbocycles. The summed E-state index contributed by atoms with van der Waals surface area (Å²) in [6.45, 7) is 1.71. The number of aromatic nitrogens is 2. The van der Waals surface area contributed by atoms with E-state index in [-0.39, 0.29) is 17.6 Å². The standard InChI is InChI=1S/C20H20N4O3S/c1-14-21-17(24-27-14)12-28-13-18(25)23-19(15-8-4-2-5-9-15)20(26)22-16-10-6-3-7-11-16/h2-11,19H,12-13H2,1H3,(H,22,26)(H,23,25). The largest absolute Gasteiger partial charge is 0.340 e. The van der Waals surface area contributed by atoms with Crippen LogP contribution in [0, 0.1) is 6.92 Å². The summed E-state index contributed by atoms with van der Waals surface area (Å²) in [5, 5.41) is 9.44. The van der Waals surface area contributed by atoms with Crippen molar-refractivity contribution in [2.75, 3.05) is 11.1 Å². The van der Waals surface area contributed by atoms with E-state index in [0.29, 0.717) is 28.7 Å². The highest BCUT2D eigenvalue weighted by Crippen LogP contribution is 2.17. The fourth-order valence-corrected chi connectivity index (χ4v) is 3.19. The smallest absolute Gasteiger partial charge is 0.251 e. The van der Waals surface area contributed by atoms with Crippen LogP contribution in [0.1, 0.15) is 23.3 Å². The van der Waals surface area contributed by atoms with Crippen LogP contribution in [-0.2, 0) is 15.3 Å². The maximum absolute atomic E-state index is 12.8. The highest BCUT2D eigenvalue weighted by molar-refractivity contribution is 7.99. The predicted molar refractivity (Wildman–Crippen MR) is 108 cm³/mol. The molecule has 1 aromatic heterocycles. The van der Waals surface area contributed by atoms with Crippen molar-refractivity contribution in [2.45, 2.75) is 18.7 Å². The number of hydrogen-bond acceptors (Lipinski definition) is 6. The number of nitrogens with zero attached hydrogens (tertiary/aromatic N) is 2. The van der Waals surface area contributed by atoms with Crippen LogP contribution in [-0.4, -0.2) is 27.7 Å². The minimum Gasteiger partial charge on any atom is -0.340 e. The molecule has 1 heterocycles. The highest BCUT2D eigenvalue weighted by Gasteiger charge is 2.22. The first kappa shape index (κ1) is 19.6. The van der Waals surface area contributed by atoms with E-state index < -0.39 is 6.04 Å². The Bertz CT molecular complexity index is 915. The third-order valence-electron chi connectivity index (χ3n) is 3.78. The lowest BCUT2D eigenvalue weighted by Gasteiger charge is -2.19. The molecule has 1 unspecified atom stereocenters. The van der Waals surface area contributed by atoms with Crippen molar-refractivity contribution in [3.05, 3.63) is 77.9 Å².